The molecule has 0 aliphatic carbocycles. The molecule has 9 nitrogen and oxygen atoms in total. The molecular formula is C21H24N6O3S. The number of aromatic nitrogens is 3. The summed E-state index contributed by atoms with van der Waals surface area (Å²) in [7, 11) is 0. The molecule has 1 aliphatic heterocycles. The van der Waals surface area contributed by atoms with Crippen LogP contribution < -0.4 is 10.6 Å². The Hall–Kier alpha value is -3.11. The Balaban J connectivity index is 1.62. The topological polar surface area (TPSA) is 118 Å². The molecule has 0 bridgehead atoms. The lowest BCUT2D eigenvalue weighted by Crippen LogP contribution is -2.49. The average molecular weight is 441 g/mol. The molecule has 4 rings (SSSR count). The SMILES string of the molecule is Cc1ccc(N(C(=O)C(C)N2CCC(C(N)=O)CC2)c2cc(-c3nccs3)ncn2)o1. The molecule has 0 radical (unpaired) electrons. The number of piperidine rings is 1. The Morgan fingerprint density at radius 1 is 1.26 bits per heavy atom. The number of rotatable bonds is 6. The molecule has 2 N–H and O–H groups in total. The predicted octanol–water partition coefficient (Wildman–Crippen LogP) is 2.75. The molecule has 1 fully saturated rings. The van der Waals surface area contributed by atoms with Crippen molar-refractivity contribution in [2.45, 2.75) is 32.7 Å². The fraction of sp³-hybridized carbons (Fsp3) is 0.381. The number of carbonyl (C=O) groups excluding carboxylic acids is 2. The third kappa shape index (κ3) is 4.49. The van der Waals surface area contributed by atoms with Gasteiger partial charge in [-0.05, 0) is 45.8 Å². The number of hydrogen-bond acceptors (Lipinski definition) is 8. The first-order valence-corrected chi connectivity index (χ1v) is 11.0. The predicted molar refractivity (Wildman–Crippen MR) is 117 cm³/mol. The summed E-state index contributed by atoms with van der Waals surface area (Å²) in [5, 5.41) is 2.61. The Labute approximate surface area is 183 Å². The van der Waals surface area contributed by atoms with Crippen LogP contribution in [0.15, 0.2) is 40.5 Å². The highest BCUT2D eigenvalue weighted by molar-refractivity contribution is 7.13. The smallest absolute Gasteiger partial charge is 0.252 e. The summed E-state index contributed by atoms with van der Waals surface area (Å²) in [6.45, 7) is 4.93. The van der Waals surface area contributed by atoms with E-state index in [0.29, 0.717) is 49.1 Å². The van der Waals surface area contributed by atoms with Gasteiger partial charge < -0.3 is 10.2 Å². The highest BCUT2D eigenvalue weighted by Crippen LogP contribution is 2.30. The van der Waals surface area contributed by atoms with E-state index in [9.17, 15) is 9.59 Å². The van der Waals surface area contributed by atoms with E-state index < -0.39 is 6.04 Å². The van der Waals surface area contributed by atoms with E-state index in [0.717, 1.165) is 5.01 Å². The van der Waals surface area contributed by atoms with Crippen molar-refractivity contribution in [1.29, 1.82) is 0 Å². The highest BCUT2D eigenvalue weighted by atomic mass is 32.1. The molecule has 0 saturated carbocycles. The number of nitrogens with zero attached hydrogens (tertiary/aromatic N) is 5. The van der Waals surface area contributed by atoms with Gasteiger partial charge in [-0.15, -0.1) is 11.3 Å². The number of hydrogen-bond donors (Lipinski definition) is 1. The van der Waals surface area contributed by atoms with E-state index in [2.05, 4.69) is 19.9 Å². The molecular weight excluding hydrogens is 416 g/mol. The summed E-state index contributed by atoms with van der Waals surface area (Å²) in [6.07, 6.45) is 4.42. The summed E-state index contributed by atoms with van der Waals surface area (Å²) in [5.74, 6) is 0.920. The van der Waals surface area contributed by atoms with Crippen molar-refractivity contribution in [2.75, 3.05) is 18.0 Å². The molecule has 1 atom stereocenters. The van der Waals surface area contributed by atoms with Crippen LogP contribution in [0.4, 0.5) is 11.7 Å². The second-order valence-corrected chi connectivity index (χ2v) is 8.44. The Kier molecular flexibility index (Phi) is 6.10. The zero-order valence-corrected chi connectivity index (χ0v) is 18.2. The minimum atomic E-state index is -0.433. The molecule has 162 valence electrons. The molecule has 4 heterocycles. The lowest BCUT2D eigenvalue weighted by atomic mass is 9.95. The highest BCUT2D eigenvalue weighted by Gasteiger charge is 2.33. The molecule has 3 aromatic rings. The summed E-state index contributed by atoms with van der Waals surface area (Å²) in [6, 6.07) is 4.87. The van der Waals surface area contributed by atoms with Crippen molar-refractivity contribution < 1.29 is 14.0 Å². The summed E-state index contributed by atoms with van der Waals surface area (Å²) >= 11 is 1.46. The van der Waals surface area contributed by atoms with Crippen LogP contribution in [0, 0.1) is 12.8 Å². The van der Waals surface area contributed by atoms with Crippen LogP contribution in [0.2, 0.25) is 0 Å². The number of thiazole rings is 1. The molecule has 10 heteroatoms. The van der Waals surface area contributed by atoms with Gasteiger partial charge in [-0.3, -0.25) is 14.5 Å². The second-order valence-electron chi connectivity index (χ2n) is 7.55. The number of carbonyl (C=O) groups is 2. The summed E-state index contributed by atoms with van der Waals surface area (Å²) < 4.78 is 5.79. The van der Waals surface area contributed by atoms with Crippen LogP contribution in [-0.2, 0) is 9.59 Å². The van der Waals surface area contributed by atoms with Crippen LogP contribution in [0.3, 0.4) is 0 Å². The maximum absolute atomic E-state index is 13.6. The number of primary amides is 1. The monoisotopic (exact) mass is 440 g/mol. The molecule has 2 amide bonds. The fourth-order valence-electron chi connectivity index (χ4n) is 3.73. The quantitative estimate of drug-likeness (QED) is 0.626. The van der Waals surface area contributed by atoms with Gasteiger partial charge in [0, 0.05) is 29.6 Å². The number of amides is 2. The normalized spacial score (nSPS) is 16.2. The maximum Gasteiger partial charge on any atom is 0.252 e. The van der Waals surface area contributed by atoms with Crippen molar-refractivity contribution in [3.8, 4) is 10.7 Å². The van der Waals surface area contributed by atoms with Crippen molar-refractivity contribution >= 4 is 34.9 Å². The molecule has 3 aromatic heterocycles. The standard InChI is InChI=1S/C21H24N6O3S/c1-13-3-4-18(30-13)27(17-11-16(24-12-25-17)20-23-7-10-31-20)21(29)14(2)26-8-5-15(6-9-26)19(22)28/h3-4,7,10-12,14-15H,5-6,8-9H2,1-2H3,(H2,22,28). The maximum atomic E-state index is 13.6. The van der Waals surface area contributed by atoms with Crippen molar-refractivity contribution in [3.05, 3.63) is 41.9 Å². The number of aryl methyl sites for hydroxylation is 1. The summed E-state index contributed by atoms with van der Waals surface area (Å²) in [4.78, 5) is 41.6. The number of nitrogens with two attached hydrogens (primary N) is 1. The van der Waals surface area contributed by atoms with Gasteiger partial charge in [-0.1, -0.05) is 0 Å². The Bertz CT molecular complexity index is 1060. The van der Waals surface area contributed by atoms with Crippen LogP contribution >= 0.6 is 11.3 Å². The van der Waals surface area contributed by atoms with Gasteiger partial charge in [0.05, 0.1) is 6.04 Å². The zero-order chi connectivity index (χ0) is 22.0. The third-order valence-corrected chi connectivity index (χ3v) is 6.33. The number of likely N-dealkylation sites (tertiary alicyclic amines) is 1. The Morgan fingerprint density at radius 3 is 2.65 bits per heavy atom. The van der Waals surface area contributed by atoms with Crippen LogP contribution in [-0.4, -0.2) is 50.8 Å². The van der Waals surface area contributed by atoms with E-state index in [1.54, 1.807) is 18.3 Å². The second kappa shape index (κ2) is 8.94. The van der Waals surface area contributed by atoms with Crippen LogP contribution in [0.1, 0.15) is 25.5 Å². The first kappa shape index (κ1) is 21.1. The van der Waals surface area contributed by atoms with Crippen molar-refractivity contribution in [3.63, 3.8) is 0 Å². The van der Waals surface area contributed by atoms with E-state index in [-0.39, 0.29) is 17.7 Å². The van der Waals surface area contributed by atoms with Gasteiger partial charge in [0.2, 0.25) is 11.8 Å². The van der Waals surface area contributed by atoms with E-state index in [1.165, 1.54) is 22.6 Å². The van der Waals surface area contributed by atoms with Gasteiger partial charge >= 0.3 is 0 Å². The van der Waals surface area contributed by atoms with E-state index >= 15 is 0 Å². The number of anilines is 2. The molecule has 1 aliphatic rings. The first-order valence-electron chi connectivity index (χ1n) is 10.1. The fourth-order valence-corrected chi connectivity index (χ4v) is 4.33. The van der Waals surface area contributed by atoms with Gasteiger partial charge in [-0.25, -0.2) is 19.9 Å². The lowest BCUT2D eigenvalue weighted by molar-refractivity contribution is -0.125. The molecule has 1 unspecified atom stereocenters. The molecule has 0 spiro atoms. The van der Waals surface area contributed by atoms with E-state index in [4.69, 9.17) is 10.2 Å². The van der Waals surface area contributed by atoms with Crippen LogP contribution in [0.25, 0.3) is 10.7 Å². The van der Waals surface area contributed by atoms with Gasteiger partial charge in [0.1, 0.15) is 28.6 Å². The zero-order valence-electron chi connectivity index (χ0n) is 17.4. The average Bonchev–Trinajstić information content (AvgIpc) is 3.46. The van der Waals surface area contributed by atoms with Gasteiger partial charge in [0.15, 0.2) is 0 Å². The van der Waals surface area contributed by atoms with Crippen LogP contribution in [0.5, 0.6) is 0 Å². The molecule has 1 saturated heterocycles. The minimum absolute atomic E-state index is 0.134. The largest absolute Gasteiger partial charge is 0.445 e. The minimum Gasteiger partial charge on any atom is -0.445 e. The lowest BCUT2D eigenvalue weighted by Gasteiger charge is -2.35. The molecule has 0 aromatic carbocycles. The van der Waals surface area contributed by atoms with Crippen molar-refractivity contribution in [2.24, 2.45) is 11.7 Å². The van der Waals surface area contributed by atoms with Gasteiger partial charge in [-0.2, -0.15) is 0 Å². The third-order valence-electron chi connectivity index (χ3n) is 5.54. The van der Waals surface area contributed by atoms with Gasteiger partial charge in [0.25, 0.3) is 5.91 Å². The Morgan fingerprint density at radius 2 is 2.03 bits per heavy atom. The van der Waals surface area contributed by atoms with E-state index in [1.807, 2.05) is 25.3 Å². The molecule has 31 heavy (non-hydrogen) atoms. The number of furan rings is 1. The van der Waals surface area contributed by atoms with Crippen molar-refractivity contribution in [1.82, 2.24) is 19.9 Å². The first-order chi connectivity index (χ1) is 14.9. The summed E-state index contributed by atoms with van der Waals surface area (Å²) in [5.41, 5.74) is 6.08.